The summed E-state index contributed by atoms with van der Waals surface area (Å²) in [7, 11) is 5.55. The maximum Gasteiger partial charge on any atom is 0.254 e. The number of nitrogens with two attached hydrogens (primary N) is 1. The largest absolute Gasteiger partial charge is 0.357 e. The standard InChI is InChI=1S/C15H24N4O/c1-18(2)15(20)11-4-9-14(17-10-11)19(3)13-7-5-12(16)6-8-13/h4,9-10,12-13H,5-8,16H2,1-3H3. The molecule has 1 saturated carbocycles. The second-order valence-electron chi connectivity index (χ2n) is 5.78. The maximum atomic E-state index is 11.8. The highest BCUT2D eigenvalue weighted by Crippen LogP contribution is 2.24. The smallest absolute Gasteiger partial charge is 0.254 e. The molecule has 2 N–H and O–H groups in total. The van der Waals surface area contributed by atoms with Crippen molar-refractivity contribution in [2.24, 2.45) is 5.73 Å². The lowest BCUT2D eigenvalue weighted by Crippen LogP contribution is -2.39. The molecule has 1 aromatic heterocycles. The molecule has 1 amide bonds. The number of hydrogen-bond acceptors (Lipinski definition) is 4. The van der Waals surface area contributed by atoms with Crippen LogP contribution in [-0.4, -0.2) is 49.0 Å². The van der Waals surface area contributed by atoms with Gasteiger partial charge in [-0.15, -0.1) is 0 Å². The monoisotopic (exact) mass is 276 g/mol. The van der Waals surface area contributed by atoms with Crippen LogP contribution in [0.25, 0.3) is 0 Å². The van der Waals surface area contributed by atoms with E-state index in [1.54, 1.807) is 25.2 Å². The van der Waals surface area contributed by atoms with E-state index < -0.39 is 0 Å². The van der Waals surface area contributed by atoms with Gasteiger partial charge in [0.1, 0.15) is 5.82 Å². The van der Waals surface area contributed by atoms with E-state index >= 15 is 0 Å². The van der Waals surface area contributed by atoms with E-state index in [0.29, 0.717) is 17.6 Å². The van der Waals surface area contributed by atoms with Crippen molar-refractivity contribution in [2.75, 3.05) is 26.0 Å². The molecule has 0 aromatic carbocycles. The lowest BCUT2D eigenvalue weighted by molar-refractivity contribution is 0.0827. The molecule has 110 valence electrons. The number of amides is 1. The van der Waals surface area contributed by atoms with Crippen LogP contribution in [0.2, 0.25) is 0 Å². The number of nitrogens with zero attached hydrogens (tertiary/aromatic N) is 3. The Balaban J connectivity index is 2.04. The van der Waals surface area contributed by atoms with Gasteiger partial charge in [-0.1, -0.05) is 0 Å². The van der Waals surface area contributed by atoms with E-state index in [9.17, 15) is 4.79 Å². The lowest BCUT2D eigenvalue weighted by Gasteiger charge is -2.34. The van der Waals surface area contributed by atoms with E-state index in [4.69, 9.17) is 5.73 Å². The molecule has 20 heavy (non-hydrogen) atoms. The van der Waals surface area contributed by atoms with Gasteiger partial charge >= 0.3 is 0 Å². The van der Waals surface area contributed by atoms with Crippen molar-refractivity contribution in [1.82, 2.24) is 9.88 Å². The summed E-state index contributed by atoms with van der Waals surface area (Å²) >= 11 is 0. The molecule has 0 radical (unpaired) electrons. The third-order valence-corrected chi connectivity index (χ3v) is 4.05. The number of carbonyl (C=O) groups is 1. The fourth-order valence-corrected chi connectivity index (χ4v) is 2.66. The summed E-state index contributed by atoms with van der Waals surface area (Å²) in [4.78, 5) is 20.0. The van der Waals surface area contributed by atoms with Gasteiger partial charge in [-0.3, -0.25) is 4.79 Å². The summed E-state index contributed by atoms with van der Waals surface area (Å²) in [6, 6.07) is 4.62. The minimum absolute atomic E-state index is 0.0182. The molecule has 1 aliphatic rings. The van der Waals surface area contributed by atoms with E-state index in [-0.39, 0.29) is 5.91 Å². The van der Waals surface area contributed by atoms with Crippen molar-refractivity contribution in [3.63, 3.8) is 0 Å². The maximum absolute atomic E-state index is 11.8. The number of aromatic nitrogens is 1. The van der Waals surface area contributed by atoms with Crippen LogP contribution < -0.4 is 10.6 Å². The third kappa shape index (κ3) is 3.28. The van der Waals surface area contributed by atoms with E-state index in [0.717, 1.165) is 31.5 Å². The van der Waals surface area contributed by atoms with E-state index in [1.165, 1.54) is 0 Å². The Morgan fingerprint density at radius 1 is 1.20 bits per heavy atom. The second kappa shape index (κ2) is 6.22. The number of carbonyl (C=O) groups excluding carboxylic acids is 1. The highest BCUT2D eigenvalue weighted by atomic mass is 16.2. The van der Waals surface area contributed by atoms with Crippen LogP contribution in [0.15, 0.2) is 18.3 Å². The Labute approximate surface area is 120 Å². The molecule has 2 rings (SSSR count). The number of anilines is 1. The molecule has 1 aromatic rings. The summed E-state index contributed by atoms with van der Waals surface area (Å²) in [5, 5.41) is 0. The summed E-state index contributed by atoms with van der Waals surface area (Å²) in [6.07, 6.45) is 6.02. The molecule has 0 aliphatic heterocycles. The van der Waals surface area contributed by atoms with E-state index in [1.807, 2.05) is 12.1 Å². The van der Waals surface area contributed by atoms with Gasteiger partial charge < -0.3 is 15.5 Å². The average molecular weight is 276 g/mol. The first-order chi connectivity index (χ1) is 9.49. The lowest BCUT2D eigenvalue weighted by atomic mass is 9.91. The van der Waals surface area contributed by atoms with Crippen molar-refractivity contribution in [3.05, 3.63) is 23.9 Å². The summed E-state index contributed by atoms with van der Waals surface area (Å²) < 4.78 is 0. The molecule has 0 bridgehead atoms. The van der Waals surface area contributed by atoms with Gasteiger partial charge in [-0.05, 0) is 37.8 Å². The molecule has 5 nitrogen and oxygen atoms in total. The van der Waals surface area contributed by atoms with Crippen molar-refractivity contribution in [3.8, 4) is 0 Å². The van der Waals surface area contributed by atoms with Gasteiger partial charge in [-0.25, -0.2) is 4.98 Å². The van der Waals surface area contributed by atoms with Crippen LogP contribution in [0.4, 0.5) is 5.82 Å². The zero-order valence-electron chi connectivity index (χ0n) is 12.5. The van der Waals surface area contributed by atoms with Crippen LogP contribution in [0.1, 0.15) is 36.0 Å². The van der Waals surface area contributed by atoms with Crippen LogP contribution in [0.5, 0.6) is 0 Å². The number of hydrogen-bond donors (Lipinski definition) is 1. The third-order valence-electron chi connectivity index (χ3n) is 4.05. The highest BCUT2D eigenvalue weighted by molar-refractivity contribution is 5.93. The zero-order valence-corrected chi connectivity index (χ0v) is 12.5. The molecule has 0 atom stereocenters. The molecule has 5 heteroatoms. The van der Waals surface area contributed by atoms with Crippen molar-refractivity contribution >= 4 is 11.7 Å². The predicted molar refractivity (Wildman–Crippen MR) is 80.9 cm³/mol. The Bertz CT molecular complexity index is 449. The van der Waals surface area contributed by atoms with Crippen LogP contribution in [0, 0.1) is 0 Å². The Hall–Kier alpha value is -1.62. The molecule has 1 aliphatic carbocycles. The van der Waals surface area contributed by atoms with Gasteiger partial charge in [0.05, 0.1) is 5.56 Å². The topological polar surface area (TPSA) is 62.5 Å². The average Bonchev–Trinajstić information content (AvgIpc) is 2.46. The van der Waals surface area contributed by atoms with Gasteiger partial charge in [0.15, 0.2) is 0 Å². The van der Waals surface area contributed by atoms with Crippen molar-refractivity contribution in [1.29, 1.82) is 0 Å². The number of rotatable bonds is 3. The van der Waals surface area contributed by atoms with E-state index in [2.05, 4.69) is 16.9 Å². The normalized spacial score (nSPS) is 22.4. The van der Waals surface area contributed by atoms with Gasteiger partial charge in [0.2, 0.25) is 0 Å². The SMILES string of the molecule is CN(C)C(=O)c1ccc(N(C)C2CCC(N)CC2)nc1. The summed E-state index contributed by atoms with van der Waals surface area (Å²) in [5.41, 5.74) is 6.56. The first-order valence-corrected chi connectivity index (χ1v) is 7.15. The van der Waals surface area contributed by atoms with Gasteiger partial charge in [0, 0.05) is 39.4 Å². The second-order valence-corrected chi connectivity index (χ2v) is 5.78. The predicted octanol–water partition coefficient (Wildman–Crippen LogP) is 1.49. The van der Waals surface area contributed by atoms with Crippen LogP contribution in [0.3, 0.4) is 0 Å². The fraction of sp³-hybridized carbons (Fsp3) is 0.600. The zero-order chi connectivity index (χ0) is 14.7. The Morgan fingerprint density at radius 2 is 1.85 bits per heavy atom. The van der Waals surface area contributed by atoms with Crippen LogP contribution >= 0.6 is 0 Å². The van der Waals surface area contributed by atoms with Gasteiger partial charge in [-0.2, -0.15) is 0 Å². The number of pyridine rings is 1. The molecule has 1 fully saturated rings. The Kier molecular flexibility index (Phi) is 4.60. The van der Waals surface area contributed by atoms with Crippen molar-refractivity contribution in [2.45, 2.75) is 37.8 Å². The van der Waals surface area contributed by atoms with Gasteiger partial charge in [0.25, 0.3) is 5.91 Å². The molecule has 0 spiro atoms. The summed E-state index contributed by atoms with van der Waals surface area (Å²) in [5.74, 6) is 0.899. The molecule has 1 heterocycles. The van der Waals surface area contributed by atoms with Crippen LogP contribution in [-0.2, 0) is 0 Å². The van der Waals surface area contributed by atoms with Crippen molar-refractivity contribution < 1.29 is 4.79 Å². The molecular formula is C15H24N4O. The quantitative estimate of drug-likeness (QED) is 0.908. The minimum Gasteiger partial charge on any atom is -0.357 e. The first kappa shape index (κ1) is 14.8. The first-order valence-electron chi connectivity index (χ1n) is 7.15. The molecule has 0 unspecified atom stereocenters. The molecule has 0 saturated heterocycles. The highest BCUT2D eigenvalue weighted by Gasteiger charge is 2.22. The molecular weight excluding hydrogens is 252 g/mol. The Morgan fingerprint density at radius 3 is 2.35 bits per heavy atom. The fourth-order valence-electron chi connectivity index (χ4n) is 2.66. The minimum atomic E-state index is -0.0182. The summed E-state index contributed by atoms with van der Waals surface area (Å²) in [6.45, 7) is 0.